The maximum Gasteiger partial charge on any atom is 0.265 e. The molecule has 3 rings (SSSR count). The maximum absolute atomic E-state index is 12.8. The van der Waals surface area contributed by atoms with Crippen molar-refractivity contribution in [2.75, 3.05) is 13.2 Å². The molecule has 0 bridgehead atoms. The Morgan fingerprint density at radius 2 is 2.24 bits per heavy atom. The van der Waals surface area contributed by atoms with Crippen LogP contribution < -0.4 is 0 Å². The summed E-state index contributed by atoms with van der Waals surface area (Å²) in [5.41, 5.74) is 0. The third-order valence-corrected chi connectivity index (χ3v) is 5.73. The maximum atomic E-state index is 12.8. The lowest BCUT2D eigenvalue weighted by Gasteiger charge is -2.24. The van der Waals surface area contributed by atoms with Gasteiger partial charge in [-0.2, -0.15) is 0 Å². The van der Waals surface area contributed by atoms with Crippen molar-refractivity contribution >= 4 is 38.9 Å². The van der Waals surface area contributed by atoms with Crippen LogP contribution in [0, 0.1) is 0 Å². The quantitative estimate of drug-likeness (QED) is 0.926. The Morgan fingerprint density at radius 1 is 1.43 bits per heavy atom. The van der Waals surface area contributed by atoms with Gasteiger partial charge >= 0.3 is 0 Å². The SMILES string of the molecule is O=C(c1sc2ccccc2c1Cl)N1CCCC1CCCO. The van der Waals surface area contributed by atoms with Gasteiger partial charge in [0.1, 0.15) is 4.88 Å². The first kappa shape index (κ1) is 14.8. The van der Waals surface area contributed by atoms with Crippen molar-refractivity contribution in [1.29, 1.82) is 0 Å². The molecule has 1 unspecified atom stereocenters. The number of hydrogen-bond donors (Lipinski definition) is 1. The number of aliphatic hydroxyl groups is 1. The highest BCUT2D eigenvalue weighted by molar-refractivity contribution is 7.21. The molecule has 1 N–H and O–H groups in total. The van der Waals surface area contributed by atoms with Crippen LogP contribution in [-0.2, 0) is 0 Å². The Morgan fingerprint density at radius 3 is 3.00 bits per heavy atom. The molecule has 1 aliphatic heterocycles. The average molecular weight is 324 g/mol. The van der Waals surface area contributed by atoms with Crippen LogP contribution in [0.25, 0.3) is 10.1 Å². The van der Waals surface area contributed by atoms with Crippen molar-refractivity contribution in [2.45, 2.75) is 31.7 Å². The summed E-state index contributed by atoms with van der Waals surface area (Å²) in [5, 5.41) is 10.5. The number of likely N-dealkylation sites (tertiary alicyclic amines) is 1. The molecule has 1 aliphatic rings. The standard InChI is InChI=1S/C16H18ClNO2S/c17-14-12-7-1-2-8-13(12)21-15(14)16(20)18-9-3-5-11(18)6-4-10-19/h1-2,7-8,11,19H,3-6,9-10H2. The third-order valence-electron chi connectivity index (χ3n) is 4.06. The van der Waals surface area contributed by atoms with E-state index in [4.69, 9.17) is 16.7 Å². The Kier molecular flexibility index (Phi) is 4.48. The molecule has 0 saturated carbocycles. The van der Waals surface area contributed by atoms with E-state index in [-0.39, 0.29) is 18.6 Å². The fourth-order valence-corrected chi connectivity index (χ4v) is 4.48. The Hall–Kier alpha value is -1.10. The predicted octanol–water partition coefficient (Wildman–Crippen LogP) is 3.93. The van der Waals surface area contributed by atoms with Crippen LogP contribution in [-0.4, -0.2) is 35.1 Å². The van der Waals surface area contributed by atoms with Gasteiger partial charge in [0.15, 0.2) is 0 Å². The van der Waals surface area contributed by atoms with Crippen molar-refractivity contribution in [2.24, 2.45) is 0 Å². The number of carbonyl (C=O) groups is 1. The van der Waals surface area contributed by atoms with Crippen molar-refractivity contribution in [3.05, 3.63) is 34.2 Å². The van der Waals surface area contributed by atoms with Crippen LogP contribution in [0.3, 0.4) is 0 Å². The Balaban J connectivity index is 1.87. The molecule has 0 aliphatic carbocycles. The van der Waals surface area contributed by atoms with E-state index in [9.17, 15) is 4.79 Å². The van der Waals surface area contributed by atoms with E-state index in [0.717, 1.165) is 42.3 Å². The molecule has 1 amide bonds. The number of nitrogens with zero attached hydrogens (tertiary/aromatic N) is 1. The van der Waals surface area contributed by atoms with Gasteiger partial charge in [0.2, 0.25) is 0 Å². The van der Waals surface area contributed by atoms with E-state index in [1.807, 2.05) is 29.2 Å². The van der Waals surface area contributed by atoms with Crippen molar-refractivity contribution in [3.63, 3.8) is 0 Å². The fourth-order valence-electron chi connectivity index (χ4n) is 3.01. The van der Waals surface area contributed by atoms with Crippen LogP contribution in [0.4, 0.5) is 0 Å². The number of carbonyl (C=O) groups excluding carboxylic acids is 1. The first-order valence-corrected chi connectivity index (χ1v) is 8.50. The number of aliphatic hydroxyl groups excluding tert-OH is 1. The van der Waals surface area contributed by atoms with Crippen LogP contribution >= 0.6 is 22.9 Å². The molecule has 2 heterocycles. The molecule has 1 saturated heterocycles. The van der Waals surface area contributed by atoms with Gasteiger partial charge < -0.3 is 10.0 Å². The average Bonchev–Trinajstić information content (AvgIpc) is 3.10. The van der Waals surface area contributed by atoms with Crippen LogP contribution in [0.15, 0.2) is 24.3 Å². The van der Waals surface area contributed by atoms with Gasteiger partial charge in [-0.05, 0) is 31.7 Å². The second-order valence-electron chi connectivity index (χ2n) is 5.40. The van der Waals surface area contributed by atoms with E-state index in [0.29, 0.717) is 9.90 Å². The van der Waals surface area contributed by atoms with Gasteiger partial charge in [0, 0.05) is 29.3 Å². The van der Waals surface area contributed by atoms with Gasteiger partial charge in [0.25, 0.3) is 5.91 Å². The predicted molar refractivity (Wildman–Crippen MR) is 87.2 cm³/mol. The highest BCUT2D eigenvalue weighted by Gasteiger charge is 2.31. The monoisotopic (exact) mass is 323 g/mol. The Bertz CT molecular complexity index is 655. The van der Waals surface area contributed by atoms with E-state index in [1.54, 1.807) is 0 Å². The number of hydrogen-bond acceptors (Lipinski definition) is 3. The zero-order valence-electron chi connectivity index (χ0n) is 11.7. The van der Waals surface area contributed by atoms with E-state index in [1.165, 1.54) is 11.3 Å². The first-order chi connectivity index (χ1) is 10.2. The number of thiophene rings is 1. The summed E-state index contributed by atoms with van der Waals surface area (Å²) in [4.78, 5) is 15.4. The summed E-state index contributed by atoms with van der Waals surface area (Å²) in [6.45, 7) is 0.974. The smallest absolute Gasteiger partial charge is 0.265 e. The molecular formula is C16H18ClNO2S. The summed E-state index contributed by atoms with van der Waals surface area (Å²) in [7, 11) is 0. The van der Waals surface area contributed by atoms with Crippen molar-refractivity contribution in [1.82, 2.24) is 4.90 Å². The zero-order chi connectivity index (χ0) is 14.8. The zero-order valence-corrected chi connectivity index (χ0v) is 13.3. The van der Waals surface area contributed by atoms with Crippen LogP contribution in [0.2, 0.25) is 5.02 Å². The molecule has 2 aromatic rings. The summed E-state index contributed by atoms with van der Waals surface area (Å²) in [6, 6.07) is 8.10. The molecule has 3 nitrogen and oxygen atoms in total. The molecule has 0 radical (unpaired) electrons. The van der Waals surface area contributed by atoms with Crippen LogP contribution in [0.5, 0.6) is 0 Å². The van der Waals surface area contributed by atoms with Gasteiger partial charge in [-0.3, -0.25) is 4.79 Å². The number of rotatable bonds is 4. The fraction of sp³-hybridized carbons (Fsp3) is 0.438. The summed E-state index contributed by atoms with van der Waals surface area (Å²) in [6.07, 6.45) is 3.66. The normalized spacial score (nSPS) is 18.6. The van der Waals surface area contributed by atoms with E-state index >= 15 is 0 Å². The molecule has 0 spiro atoms. The minimum absolute atomic E-state index is 0.0432. The van der Waals surface area contributed by atoms with Gasteiger partial charge in [0.05, 0.1) is 5.02 Å². The second-order valence-corrected chi connectivity index (χ2v) is 6.83. The van der Waals surface area contributed by atoms with Crippen molar-refractivity contribution < 1.29 is 9.90 Å². The molecule has 21 heavy (non-hydrogen) atoms. The molecule has 1 fully saturated rings. The van der Waals surface area contributed by atoms with Crippen LogP contribution in [0.1, 0.15) is 35.4 Å². The molecular weight excluding hydrogens is 306 g/mol. The molecule has 112 valence electrons. The lowest BCUT2D eigenvalue weighted by Crippen LogP contribution is -2.35. The van der Waals surface area contributed by atoms with E-state index in [2.05, 4.69) is 0 Å². The topological polar surface area (TPSA) is 40.5 Å². The molecule has 1 aromatic heterocycles. The first-order valence-electron chi connectivity index (χ1n) is 7.31. The summed E-state index contributed by atoms with van der Waals surface area (Å²) >= 11 is 7.88. The lowest BCUT2D eigenvalue weighted by atomic mass is 10.1. The number of amides is 1. The number of fused-ring (bicyclic) bond motifs is 1. The van der Waals surface area contributed by atoms with Gasteiger partial charge in [-0.15, -0.1) is 11.3 Å². The highest BCUT2D eigenvalue weighted by atomic mass is 35.5. The highest BCUT2D eigenvalue weighted by Crippen LogP contribution is 2.37. The molecule has 1 aromatic carbocycles. The van der Waals surface area contributed by atoms with Gasteiger partial charge in [-0.1, -0.05) is 29.8 Å². The molecule has 5 heteroatoms. The van der Waals surface area contributed by atoms with Crippen molar-refractivity contribution in [3.8, 4) is 0 Å². The number of halogens is 1. The third kappa shape index (κ3) is 2.80. The lowest BCUT2D eigenvalue weighted by molar-refractivity contribution is 0.0729. The largest absolute Gasteiger partial charge is 0.396 e. The van der Waals surface area contributed by atoms with Gasteiger partial charge in [-0.25, -0.2) is 0 Å². The second kappa shape index (κ2) is 6.34. The van der Waals surface area contributed by atoms with E-state index < -0.39 is 0 Å². The summed E-state index contributed by atoms with van der Waals surface area (Å²) in [5.74, 6) is 0.0432. The molecule has 1 atom stereocenters. The summed E-state index contributed by atoms with van der Waals surface area (Å²) < 4.78 is 1.05. The Labute approximate surface area is 133 Å². The minimum Gasteiger partial charge on any atom is -0.396 e. The number of benzene rings is 1. The minimum atomic E-state index is 0.0432.